The number of pyridine rings is 1. The second-order valence-electron chi connectivity index (χ2n) is 5.73. The van der Waals surface area contributed by atoms with Gasteiger partial charge in [-0.05, 0) is 37.9 Å². The van der Waals surface area contributed by atoms with E-state index in [2.05, 4.69) is 47.8 Å². The van der Waals surface area contributed by atoms with Crippen LogP contribution in [0.25, 0.3) is 0 Å². The number of hydrogen-bond acceptors (Lipinski definition) is 4. The first-order valence-corrected chi connectivity index (χ1v) is 7.82. The SMILES string of the molecule is CC[C@H](N)c1ccc(N(C)C2CCN(CC)CC2)cn1. The Bertz CT molecular complexity index is 395. The maximum Gasteiger partial charge on any atom is 0.0572 e. The van der Waals surface area contributed by atoms with E-state index >= 15 is 0 Å². The van der Waals surface area contributed by atoms with Gasteiger partial charge in [0.25, 0.3) is 0 Å². The highest BCUT2D eigenvalue weighted by atomic mass is 15.2. The van der Waals surface area contributed by atoms with Crippen LogP contribution in [-0.4, -0.2) is 42.6 Å². The molecule has 20 heavy (non-hydrogen) atoms. The lowest BCUT2D eigenvalue weighted by Crippen LogP contribution is -2.43. The summed E-state index contributed by atoms with van der Waals surface area (Å²) in [7, 11) is 2.18. The number of aromatic nitrogens is 1. The third-order valence-corrected chi connectivity index (χ3v) is 4.55. The normalized spacial score (nSPS) is 19.0. The third kappa shape index (κ3) is 3.49. The Morgan fingerprint density at radius 2 is 2.05 bits per heavy atom. The molecule has 0 unspecified atom stereocenters. The molecule has 2 N–H and O–H groups in total. The Morgan fingerprint density at radius 3 is 2.55 bits per heavy atom. The number of nitrogens with zero attached hydrogens (tertiary/aromatic N) is 3. The number of nitrogens with two attached hydrogens (primary N) is 1. The molecule has 2 heterocycles. The summed E-state index contributed by atoms with van der Waals surface area (Å²) < 4.78 is 0. The number of hydrogen-bond donors (Lipinski definition) is 1. The van der Waals surface area contributed by atoms with Gasteiger partial charge >= 0.3 is 0 Å². The predicted octanol–water partition coefficient (Wildman–Crippen LogP) is 2.41. The quantitative estimate of drug-likeness (QED) is 0.897. The average Bonchev–Trinajstić information content (AvgIpc) is 2.53. The van der Waals surface area contributed by atoms with Crippen molar-refractivity contribution in [3.8, 4) is 0 Å². The first-order valence-electron chi connectivity index (χ1n) is 7.82. The minimum Gasteiger partial charge on any atom is -0.370 e. The molecule has 1 aromatic rings. The van der Waals surface area contributed by atoms with Gasteiger partial charge in [-0.15, -0.1) is 0 Å². The van der Waals surface area contributed by atoms with Crippen molar-refractivity contribution in [2.45, 2.75) is 45.2 Å². The highest BCUT2D eigenvalue weighted by Gasteiger charge is 2.22. The molecule has 112 valence electrons. The second-order valence-corrected chi connectivity index (χ2v) is 5.73. The molecule has 4 heteroatoms. The number of piperidine rings is 1. The van der Waals surface area contributed by atoms with E-state index < -0.39 is 0 Å². The van der Waals surface area contributed by atoms with Crippen molar-refractivity contribution < 1.29 is 0 Å². The molecule has 0 saturated carbocycles. The fraction of sp³-hybridized carbons (Fsp3) is 0.688. The summed E-state index contributed by atoms with van der Waals surface area (Å²) in [5.74, 6) is 0. The molecule has 1 saturated heterocycles. The Hall–Kier alpha value is -1.13. The van der Waals surface area contributed by atoms with Gasteiger partial charge in [0.2, 0.25) is 0 Å². The van der Waals surface area contributed by atoms with Gasteiger partial charge in [0.05, 0.1) is 17.6 Å². The third-order valence-electron chi connectivity index (χ3n) is 4.55. The van der Waals surface area contributed by atoms with E-state index in [1.54, 1.807) is 0 Å². The molecule has 1 aromatic heterocycles. The maximum atomic E-state index is 6.01. The largest absolute Gasteiger partial charge is 0.370 e. The van der Waals surface area contributed by atoms with Gasteiger partial charge in [0, 0.05) is 32.2 Å². The van der Waals surface area contributed by atoms with E-state index in [9.17, 15) is 0 Å². The first-order chi connectivity index (χ1) is 9.65. The molecule has 4 nitrogen and oxygen atoms in total. The molecule has 1 fully saturated rings. The van der Waals surface area contributed by atoms with E-state index in [-0.39, 0.29) is 6.04 Å². The van der Waals surface area contributed by atoms with Crippen LogP contribution in [0.3, 0.4) is 0 Å². The molecular formula is C16H28N4. The van der Waals surface area contributed by atoms with Gasteiger partial charge in [-0.1, -0.05) is 13.8 Å². The van der Waals surface area contributed by atoms with Crippen LogP contribution in [0.1, 0.15) is 44.8 Å². The molecule has 0 aromatic carbocycles. The molecule has 1 aliphatic rings. The van der Waals surface area contributed by atoms with Crippen molar-refractivity contribution in [1.82, 2.24) is 9.88 Å². The van der Waals surface area contributed by atoms with Crippen LogP contribution in [-0.2, 0) is 0 Å². The van der Waals surface area contributed by atoms with E-state index in [1.807, 2.05) is 6.20 Å². The van der Waals surface area contributed by atoms with Gasteiger partial charge in [-0.3, -0.25) is 4.98 Å². The lowest BCUT2D eigenvalue weighted by molar-refractivity contribution is 0.221. The molecule has 0 amide bonds. The van der Waals surface area contributed by atoms with Crippen molar-refractivity contribution in [3.63, 3.8) is 0 Å². The lowest BCUT2D eigenvalue weighted by atomic mass is 10.0. The summed E-state index contributed by atoms with van der Waals surface area (Å²) in [6.45, 7) is 7.91. The average molecular weight is 276 g/mol. The Morgan fingerprint density at radius 1 is 1.35 bits per heavy atom. The van der Waals surface area contributed by atoms with Gasteiger partial charge in [0.1, 0.15) is 0 Å². The monoisotopic (exact) mass is 276 g/mol. The minimum atomic E-state index is 0.0575. The van der Waals surface area contributed by atoms with Gasteiger partial charge in [-0.2, -0.15) is 0 Å². The molecule has 0 bridgehead atoms. The van der Waals surface area contributed by atoms with Crippen LogP contribution in [0, 0.1) is 0 Å². The van der Waals surface area contributed by atoms with Crippen LogP contribution in [0.2, 0.25) is 0 Å². The second kappa shape index (κ2) is 7.04. The summed E-state index contributed by atoms with van der Waals surface area (Å²) in [5, 5.41) is 0. The Balaban J connectivity index is 1.97. The van der Waals surface area contributed by atoms with Crippen LogP contribution in [0.15, 0.2) is 18.3 Å². The zero-order valence-electron chi connectivity index (χ0n) is 13.0. The van der Waals surface area contributed by atoms with E-state index in [0.29, 0.717) is 6.04 Å². The van der Waals surface area contributed by atoms with Crippen molar-refractivity contribution in [1.29, 1.82) is 0 Å². The fourth-order valence-corrected chi connectivity index (χ4v) is 2.87. The number of likely N-dealkylation sites (tertiary alicyclic amines) is 1. The first kappa shape index (κ1) is 15.3. The Kier molecular flexibility index (Phi) is 5.38. The van der Waals surface area contributed by atoms with Gasteiger partial charge < -0.3 is 15.5 Å². The van der Waals surface area contributed by atoms with E-state index in [1.165, 1.54) is 38.2 Å². The summed E-state index contributed by atoms with van der Waals surface area (Å²) >= 11 is 0. The Labute approximate surface area is 123 Å². The molecule has 1 atom stereocenters. The van der Waals surface area contributed by atoms with Crippen LogP contribution in [0.4, 0.5) is 5.69 Å². The van der Waals surface area contributed by atoms with Crippen LogP contribution in [0.5, 0.6) is 0 Å². The molecule has 2 rings (SSSR count). The van der Waals surface area contributed by atoms with Crippen LogP contribution >= 0.6 is 0 Å². The molecular weight excluding hydrogens is 248 g/mol. The highest BCUT2D eigenvalue weighted by molar-refractivity contribution is 5.45. The fourth-order valence-electron chi connectivity index (χ4n) is 2.87. The number of rotatable bonds is 5. The molecule has 0 radical (unpaired) electrons. The predicted molar refractivity (Wildman–Crippen MR) is 85.0 cm³/mol. The maximum absolute atomic E-state index is 6.01. The van der Waals surface area contributed by atoms with Gasteiger partial charge in [-0.25, -0.2) is 0 Å². The van der Waals surface area contributed by atoms with E-state index in [0.717, 1.165) is 12.1 Å². The topological polar surface area (TPSA) is 45.4 Å². The highest BCUT2D eigenvalue weighted by Crippen LogP contribution is 2.22. The van der Waals surface area contributed by atoms with Crippen molar-refractivity contribution in [2.24, 2.45) is 5.73 Å². The lowest BCUT2D eigenvalue weighted by Gasteiger charge is -2.37. The standard InChI is InChI=1S/C16H28N4/c1-4-15(17)16-7-6-14(12-18-16)19(3)13-8-10-20(5-2)11-9-13/h6-7,12-13,15H,4-5,8-11,17H2,1-3H3/t15-/m0/s1. The zero-order chi connectivity index (χ0) is 14.5. The summed E-state index contributed by atoms with van der Waals surface area (Å²) in [5.41, 5.74) is 8.20. The van der Waals surface area contributed by atoms with Crippen LogP contribution < -0.4 is 10.6 Å². The van der Waals surface area contributed by atoms with Crippen molar-refractivity contribution in [3.05, 3.63) is 24.0 Å². The van der Waals surface area contributed by atoms with E-state index in [4.69, 9.17) is 5.73 Å². The van der Waals surface area contributed by atoms with Crippen molar-refractivity contribution in [2.75, 3.05) is 31.6 Å². The molecule has 0 aliphatic carbocycles. The number of anilines is 1. The smallest absolute Gasteiger partial charge is 0.0572 e. The van der Waals surface area contributed by atoms with Crippen molar-refractivity contribution >= 4 is 5.69 Å². The summed E-state index contributed by atoms with van der Waals surface area (Å²) in [4.78, 5) is 9.42. The van der Waals surface area contributed by atoms with Gasteiger partial charge in [0.15, 0.2) is 0 Å². The molecule has 1 aliphatic heterocycles. The molecule has 0 spiro atoms. The summed E-state index contributed by atoms with van der Waals surface area (Å²) in [6.07, 6.45) is 5.37. The zero-order valence-corrected chi connectivity index (χ0v) is 13.0. The minimum absolute atomic E-state index is 0.0575. The summed E-state index contributed by atoms with van der Waals surface area (Å²) in [6, 6.07) is 4.91.